The highest BCUT2D eigenvalue weighted by molar-refractivity contribution is 5.82. The molecule has 2 amide bonds. The van der Waals surface area contributed by atoms with Crippen molar-refractivity contribution in [3.05, 3.63) is 0 Å². The Hall–Kier alpha value is -1.79. The maximum absolute atomic E-state index is 12.2. The number of nitrogens with zero attached hydrogens (tertiary/aromatic N) is 2. The number of carboxylic acid groups (broad SMARTS) is 1. The number of carbonyl (C=O) groups is 3. The van der Waals surface area contributed by atoms with Crippen molar-refractivity contribution in [3.63, 3.8) is 0 Å². The van der Waals surface area contributed by atoms with E-state index in [9.17, 15) is 19.5 Å². The van der Waals surface area contributed by atoms with Crippen LogP contribution in [0.5, 0.6) is 0 Å². The number of esters is 1. The van der Waals surface area contributed by atoms with Gasteiger partial charge in [0.05, 0.1) is 12.0 Å². The second-order valence-corrected chi connectivity index (χ2v) is 5.33. The molecule has 1 rings (SSSR count). The Labute approximate surface area is 118 Å². The summed E-state index contributed by atoms with van der Waals surface area (Å²) in [4.78, 5) is 37.5. The zero-order valence-electron chi connectivity index (χ0n) is 12.2. The van der Waals surface area contributed by atoms with Crippen LogP contribution in [0, 0.1) is 5.41 Å². The molecule has 7 heteroatoms. The van der Waals surface area contributed by atoms with E-state index in [0.717, 1.165) is 0 Å². The fourth-order valence-corrected chi connectivity index (χ4v) is 2.29. The van der Waals surface area contributed by atoms with Gasteiger partial charge in [0.25, 0.3) is 0 Å². The lowest BCUT2D eigenvalue weighted by atomic mass is 9.82. The molecule has 0 saturated carbocycles. The van der Waals surface area contributed by atoms with E-state index in [1.54, 1.807) is 13.8 Å². The predicted molar refractivity (Wildman–Crippen MR) is 71.2 cm³/mol. The molecule has 0 spiro atoms. The number of hydrogen-bond donors (Lipinski definition) is 1. The summed E-state index contributed by atoms with van der Waals surface area (Å²) in [6.07, 6.45) is 1.19. The summed E-state index contributed by atoms with van der Waals surface area (Å²) in [5, 5.41) is 9.23. The van der Waals surface area contributed by atoms with Gasteiger partial charge >= 0.3 is 18.0 Å². The average molecular weight is 286 g/mol. The molecular weight excluding hydrogens is 264 g/mol. The van der Waals surface area contributed by atoms with Crippen molar-refractivity contribution in [1.82, 2.24) is 9.80 Å². The van der Waals surface area contributed by atoms with Gasteiger partial charge in [0.2, 0.25) is 0 Å². The molecule has 1 atom stereocenters. The molecule has 1 heterocycles. The van der Waals surface area contributed by atoms with Crippen molar-refractivity contribution in [2.45, 2.75) is 26.7 Å². The van der Waals surface area contributed by atoms with E-state index >= 15 is 0 Å². The van der Waals surface area contributed by atoms with Gasteiger partial charge < -0.3 is 19.6 Å². The second kappa shape index (κ2) is 6.58. The summed E-state index contributed by atoms with van der Waals surface area (Å²) >= 11 is 0. The first-order chi connectivity index (χ1) is 9.30. The third-order valence-electron chi connectivity index (χ3n) is 3.48. The Balaban J connectivity index is 2.62. The Kier molecular flexibility index (Phi) is 5.35. The van der Waals surface area contributed by atoms with Crippen molar-refractivity contribution < 1.29 is 24.2 Å². The fraction of sp³-hybridized carbons (Fsp3) is 0.769. The fourth-order valence-electron chi connectivity index (χ4n) is 2.29. The molecule has 0 aliphatic carbocycles. The molecule has 1 saturated heterocycles. The molecular formula is C13H22N2O5. The zero-order valence-corrected chi connectivity index (χ0v) is 12.2. The predicted octanol–water partition coefficient (Wildman–Crippen LogP) is 0.788. The second-order valence-electron chi connectivity index (χ2n) is 5.33. The molecule has 0 radical (unpaired) electrons. The highest BCUT2D eigenvalue weighted by atomic mass is 16.5. The highest BCUT2D eigenvalue weighted by Gasteiger charge is 2.40. The number of carbonyl (C=O) groups excluding carboxylic acids is 2. The summed E-state index contributed by atoms with van der Waals surface area (Å²) in [6, 6.07) is -0.342. The summed E-state index contributed by atoms with van der Waals surface area (Å²) in [5.41, 5.74) is -0.918. The SMILES string of the molecule is CCOC(=O)CN(C)C(=O)N1CCCC(C)(C(=O)O)C1. The van der Waals surface area contributed by atoms with E-state index in [1.807, 2.05) is 0 Å². The quantitative estimate of drug-likeness (QED) is 0.772. The lowest BCUT2D eigenvalue weighted by Gasteiger charge is -2.38. The van der Waals surface area contributed by atoms with Crippen LogP contribution in [0.15, 0.2) is 0 Å². The van der Waals surface area contributed by atoms with Gasteiger partial charge in [0.15, 0.2) is 0 Å². The normalized spacial score (nSPS) is 22.2. The molecule has 7 nitrogen and oxygen atoms in total. The summed E-state index contributed by atoms with van der Waals surface area (Å²) in [5.74, 6) is -1.37. The number of urea groups is 1. The molecule has 20 heavy (non-hydrogen) atoms. The van der Waals surface area contributed by atoms with E-state index in [4.69, 9.17) is 4.74 Å². The Morgan fingerprint density at radius 2 is 2.05 bits per heavy atom. The number of ether oxygens (including phenoxy) is 1. The molecule has 0 aromatic rings. The Bertz CT molecular complexity index is 398. The third-order valence-corrected chi connectivity index (χ3v) is 3.48. The van der Waals surface area contributed by atoms with Crippen LogP contribution in [-0.4, -0.2) is 66.2 Å². The van der Waals surface area contributed by atoms with E-state index in [0.29, 0.717) is 19.4 Å². The molecule has 0 aromatic carbocycles. The number of hydrogen-bond acceptors (Lipinski definition) is 4. The van der Waals surface area contributed by atoms with Gasteiger partial charge in [-0.3, -0.25) is 9.59 Å². The van der Waals surface area contributed by atoms with Crippen molar-refractivity contribution in [2.24, 2.45) is 5.41 Å². The summed E-state index contributed by atoms with van der Waals surface area (Å²) in [6.45, 7) is 4.14. The van der Waals surface area contributed by atoms with Gasteiger partial charge in [0.1, 0.15) is 6.54 Å². The minimum absolute atomic E-state index is 0.132. The first kappa shape index (κ1) is 16.3. The Morgan fingerprint density at radius 3 is 2.60 bits per heavy atom. The molecule has 1 unspecified atom stereocenters. The van der Waals surface area contributed by atoms with E-state index in [1.165, 1.54) is 16.8 Å². The highest BCUT2D eigenvalue weighted by Crippen LogP contribution is 2.30. The lowest BCUT2D eigenvalue weighted by molar-refractivity contribution is -0.151. The van der Waals surface area contributed by atoms with Gasteiger partial charge in [-0.2, -0.15) is 0 Å². The average Bonchev–Trinajstić information content (AvgIpc) is 2.37. The Morgan fingerprint density at radius 1 is 1.40 bits per heavy atom. The van der Waals surface area contributed by atoms with Crippen LogP contribution in [0.3, 0.4) is 0 Å². The minimum Gasteiger partial charge on any atom is -0.481 e. The van der Waals surface area contributed by atoms with Gasteiger partial charge in [-0.15, -0.1) is 0 Å². The molecule has 1 fully saturated rings. The number of likely N-dealkylation sites (N-methyl/N-ethyl adjacent to an activating group) is 1. The van der Waals surface area contributed by atoms with E-state index in [-0.39, 0.29) is 25.7 Å². The van der Waals surface area contributed by atoms with Crippen LogP contribution in [0.1, 0.15) is 26.7 Å². The number of carboxylic acids is 1. The third kappa shape index (κ3) is 3.85. The molecule has 114 valence electrons. The van der Waals surface area contributed by atoms with Crippen molar-refractivity contribution in [3.8, 4) is 0 Å². The standard InChI is InChI=1S/C13H22N2O5/c1-4-20-10(16)8-14(3)12(19)15-7-5-6-13(2,9-15)11(17)18/h4-9H2,1-3H3,(H,17,18). The number of amides is 2. The molecule has 1 aliphatic rings. The number of rotatable bonds is 4. The maximum atomic E-state index is 12.2. The van der Waals surface area contributed by atoms with Crippen molar-refractivity contribution in [2.75, 3.05) is 33.3 Å². The zero-order chi connectivity index (χ0) is 15.3. The monoisotopic (exact) mass is 286 g/mol. The summed E-state index contributed by atoms with van der Waals surface area (Å²) in [7, 11) is 1.51. The maximum Gasteiger partial charge on any atom is 0.325 e. The largest absolute Gasteiger partial charge is 0.481 e. The van der Waals surface area contributed by atoms with Gasteiger partial charge in [-0.1, -0.05) is 0 Å². The summed E-state index contributed by atoms with van der Waals surface area (Å²) < 4.78 is 4.78. The molecule has 1 N–H and O–H groups in total. The van der Waals surface area contributed by atoms with Crippen LogP contribution >= 0.6 is 0 Å². The topological polar surface area (TPSA) is 87.2 Å². The van der Waals surface area contributed by atoms with Crippen LogP contribution < -0.4 is 0 Å². The first-order valence-corrected chi connectivity index (χ1v) is 6.69. The number of likely N-dealkylation sites (tertiary alicyclic amines) is 1. The van der Waals surface area contributed by atoms with Gasteiger partial charge in [0, 0.05) is 20.1 Å². The molecule has 1 aliphatic heterocycles. The van der Waals surface area contributed by atoms with Crippen LogP contribution in [0.25, 0.3) is 0 Å². The van der Waals surface area contributed by atoms with Crippen molar-refractivity contribution in [1.29, 1.82) is 0 Å². The van der Waals surface area contributed by atoms with Crippen LogP contribution in [-0.2, 0) is 14.3 Å². The van der Waals surface area contributed by atoms with E-state index < -0.39 is 17.4 Å². The lowest BCUT2D eigenvalue weighted by Crippen LogP contribution is -2.52. The van der Waals surface area contributed by atoms with Crippen LogP contribution in [0.4, 0.5) is 4.79 Å². The molecule has 0 bridgehead atoms. The minimum atomic E-state index is -0.918. The smallest absolute Gasteiger partial charge is 0.325 e. The van der Waals surface area contributed by atoms with Crippen molar-refractivity contribution >= 4 is 18.0 Å². The number of aliphatic carboxylic acids is 1. The molecule has 0 aromatic heterocycles. The van der Waals surface area contributed by atoms with E-state index in [2.05, 4.69) is 0 Å². The van der Waals surface area contributed by atoms with Gasteiger partial charge in [-0.05, 0) is 26.7 Å². The first-order valence-electron chi connectivity index (χ1n) is 6.69. The van der Waals surface area contributed by atoms with Crippen LogP contribution in [0.2, 0.25) is 0 Å². The van der Waals surface area contributed by atoms with Gasteiger partial charge in [-0.25, -0.2) is 4.79 Å². The number of piperidine rings is 1.